The molecule has 0 rings (SSSR count). The van der Waals surface area contributed by atoms with E-state index in [1.165, 1.54) is 57.8 Å². The molecule has 2 unspecified atom stereocenters. The molecule has 0 radical (unpaired) electrons. The van der Waals surface area contributed by atoms with Crippen LogP contribution < -0.4 is 0 Å². The molecule has 116 valence electrons. The Morgan fingerprint density at radius 1 is 0.789 bits per heavy atom. The zero-order valence-corrected chi connectivity index (χ0v) is 13.3. The van der Waals surface area contributed by atoms with Crippen molar-refractivity contribution in [3.8, 4) is 0 Å². The molecule has 0 aliphatic heterocycles. The van der Waals surface area contributed by atoms with Crippen molar-refractivity contribution >= 4 is 0 Å². The molecule has 0 fully saturated rings. The third-order valence-corrected chi connectivity index (χ3v) is 3.75. The largest absolute Gasteiger partial charge is 0.389 e. The van der Waals surface area contributed by atoms with Crippen LogP contribution in [0, 0.1) is 0 Å². The minimum Gasteiger partial charge on any atom is -0.389 e. The van der Waals surface area contributed by atoms with Gasteiger partial charge in [-0.3, -0.25) is 4.90 Å². The maximum absolute atomic E-state index is 9.61. The third-order valence-electron chi connectivity index (χ3n) is 3.75. The molecule has 0 aromatic heterocycles. The van der Waals surface area contributed by atoms with Crippen LogP contribution in [0.25, 0.3) is 0 Å². The summed E-state index contributed by atoms with van der Waals surface area (Å²) in [5.41, 5.74) is 0. The predicted molar refractivity (Wildman–Crippen MR) is 82.2 cm³/mol. The summed E-state index contributed by atoms with van der Waals surface area (Å²) in [5.74, 6) is 0. The molecule has 3 heteroatoms. The number of likely N-dealkylation sites (N-methyl/N-ethyl adjacent to an activating group) is 1. The molecule has 0 aliphatic rings. The fraction of sp³-hybridized carbons (Fsp3) is 1.00. The Kier molecular flexibility index (Phi) is 12.8. The van der Waals surface area contributed by atoms with Crippen molar-refractivity contribution in [1.82, 2.24) is 4.90 Å². The summed E-state index contributed by atoms with van der Waals surface area (Å²) in [4.78, 5) is 1.83. The monoisotopic (exact) mass is 273 g/mol. The van der Waals surface area contributed by atoms with E-state index in [9.17, 15) is 10.2 Å². The molecule has 0 heterocycles. The van der Waals surface area contributed by atoms with Gasteiger partial charge in [-0.05, 0) is 20.4 Å². The van der Waals surface area contributed by atoms with Crippen molar-refractivity contribution in [2.24, 2.45) is 0 Å². The Balaban J connectivity index is 3.22. The number of aliphatic hydroxyl groups excluding tert-OH is 2. The molecule has 0 spiro atoms. The minimum atomic E-state index is -0.724. The lowest BCUT2D eigenvalue weighted by Crippen LogP contribution is -2.40. The molecule has 0 amide bonds. The zero-order valence-electron chi connectivity index (χ0n) is 13.3. The second kappa shape index (κ2) is 12.9. The Morgan fingerprint density at radius 2 is 1.21 bits per heavy atom. The van der Waals surface area contributed by atoms with E-state index in [1.807, 2.05) is 11.9 Å². The fourth-order valence-electron chi connectivity index (χ4n) is 2.35. The highest BCUT2D eigenvalue weighted by Crippen LogP contribution is 2.11. The van der Waals surface area contributed by atoms with E-state index < -0.39 is 12.3 Å². The summed E-state index contributed by atoms with van der Waals surface area (Å²) < 4.78 is 0. The van der Waals surface area contributed by atoms with Gasteiger partial charge < -0.3 is 10.2 Å². The number of aliphatic hydroxyl groups is 2. The molecular weight excluding hydrogens is 238 g/mol. The molecule has 19 heavy (non-hydrogen) atoms. The standard InChI is InChI=1S/C16H35NO2/c1-4-5-6-7-8-9-10-11-12-13-14-17(3)16(19)15(2)18/h15-16,18-19H,4-14H2,1-3H3. The van der Waals surface area contributed by atoms with Crippen molar-refractivity contribution in [2.75, 3.05) is 13.6 Å². The molecule has 2 atom stereocenters. The predicted octanol–water partition coefficient (Wildman–Crippen LogP) is 3.54. The lowest BCUT2D eigenvalue weighted by atomic mass is 10.1. The first-order chi connectivity index (χ1) is 9.09. The van der Waals surface area contributed by atoms with Gasteiger partial charge in [0.15, 0.2) is 0 Å². The van der Waals surface area contributed by atoms with Gasteiger partial charge in [0.2, 0.25) is 0 Å². The number of hydrogen-bond acceptors (Lipinski definition) is 3. The fourth-order valence-corrected chi connectivity index (χ4v) is 2.35. The highest BCUT2D eigenvalue weighted by atomic mass is 16.3. The van der Waals surface area contributed by atoms with Crippen molar-refractivity contribution in [3.63, 3.8) is 0 Å². The summed E-state index contributed by atoms with van der Waals surface area (Å²) in [6.45, 7) is 4.74. The van der Waals surface area contributed by atoms with Gasteiger partial charge >= 0.3 is 0 Å². The summed E-state index contributed by atoms with van der Waals surface area (Å²) in [7, 11) is 1.87. The Morgan fingerprint density at radius 3 is 1.63 bits per heavy atom. The summed E-state index contributed by atoms with van der Waals surface area (Å²) in [6.07, 6.45) is 11.9. The van der Waals surface area contributed by atoms with E-state index >= 15 is 0 Å². The Hall–Kier alpha value is -0.120. The van der Waals surface area contributed by atoms with Crippen LogP contribution in [0.3, 0.4) is 0 Å². The van der Waals surface area contributed by atoms with Crippen LogP contribution in [-0.2, 0) is 0 Å². The first-order valence-electron chi connectivity index (χ1n) is 8.16. The molecule has 0 saturated heterocycles. The Bertz CT molecular complexity index is 186. The van der Waals surface area contributed by atoms with Crippen LogP contribution >= 0.6 is 0 Å². The quantitative estimate of drug-likeness (QED) is 0.398. The number of unbranched alkanes of at least 4 members (excludes halogenated alkanes) is 9. The first kappa shape index (κ1) is 18.9. The minimum absolute atomic E-state index is 0.673. The van der Waals surface area contributed by atoms with Crippen molar-refractivity contribution in [1.29, 1.82) is 0 Å². The van der Waals surface area contributed by atoms with Gasteiger partial charge in [0.25, 0.3) is 0 Å². The van der Waals surface area contributed by atoms with Crippen LogP contribution in [0.15, 0.2) is 0 Å². The van der Waals surface area contributed by atoms with Crippen LogP contribution in [0.1, 0.15) is 78.1 Å². The smallest absolute Gasteiger partial charge is 0.133 e. The second-order valence-electron chi connectivity index (χ2n) is 5.82. The van der Waals surface area contributed by atoms with Crippen molar-refractivity contribution < 1.29 is 10.2 Å². The third kappa shape index (κ3) is 11.4. The highest BCUT2D eigenvalue weighted by Gasteiger charge is 2.15. The molecule has 0 bridgehead atoms. The molecular formula is C16H35NO2. The molecule has 0 aromatic rings. The first-order valence-corrected chi connectivity index (χ1v) is 8.16. The van der Waals surface area contributed by atoms with Gasteiger partial charge in [0.1, 0.15) is 6.23 Å². The van der Waals surface area contributed by atoms with E-state index in [4.69, 9.17) is 0 Å². The second-order valence-corrected chi connectivity index (χ2v) is 5.82. The number of nitrogens with zero attached hydrogens (tertiary/aromatic N) is 1. The molecule has 0 aliphatic carbocycles. The van der Waals surface area contributed by atoms with Crippen molar-refractivity contribution in [2.45, 2.75) is 90.4 Å². The highest BCUT2D eigenvalue weighted by molar-refractivity contribution is 4.62. The maximum Gasteiger partial charge on any atom is 0.133 e. The van der Waals surface area contributed by atoms with Gasteiger partial charge in [-0.2, -0.15) is 0 Å². The maximum atomic E-state index is 9.61. The van der Waals surface area contributed by atoms with E-state index in [0.717, 1.165) is 13.0 Å². The molecule has 0 saturated carbocycles. The summed E-state index contributed by atoms with van der Waals surface area (Å²) >= 11 is 0. The van der Waals surface area contributed by atoms with Gasteiger partial charge in [0, 0.05) is 6.54 Å². The lowest BCUT2D eigenvalue weighted by molar-refractivity contribution is -0.0644. The molecule has 0 aromatic carbocycles. The normalized spacial score (nSPS) is 14.8. The molecule has 2 N–H and O–H groups in total. The number of hydrogen-bond donors (Lipinski definition) is 2. The number of rotatable bonds is 13. The van der Waals surface area contributed by atoms with Crippen LogP contribution in [-0.4, -0.2) is 41.0 Å². The van der Waals surface area contributed by atoms with Crippen LogP contribution in [0.2, 0.25) is 0 Å². The van der Waals surface area contributed by atoms with E-state index in [1.54, 1.807) is 6.92 Å². The lowest BCUT2D eigenvalue weighted by Gasteiger charge is -2.25. The SMILES string of the molecule is CCCCCCCCCCCCN(C)C(O)C(C)O. The van der Waals surface area contributed by atoms with Crippen molar-refractivity contribution in [3.05, 3.63) is 0 Å². The van der Waals surface area contributed by atoms with Gasteiger partial charge in [0.05, 0.1) is 6.10 Å². The van der Waals surface area contributed by atoms with Crippen LogP contribution in [0.5, 0.6) is 0 Å². The summed E-state index contributed by atoms with van der Waals surface area (Å²) in [6, 6.07) is 0. The van der Waals surface area contributed by atoms with E-state index in [0.29, 0.717) is 0 Å². The zero-order chi connectivity index (χ0) is 14.5. The van der Waals surface area contributed by atoms with Crippen LogP contribution in [0.4, 0.5) is 0 Å². The summed E-state index contributed by atoms with van der Waals surface area (Å²) in [5, 5.41) is 18.9. The van der Waals surface area contributed by atoms with Gasteiger partial charge in [-0.15, -0.1) is 0 Å². The van der Waals surface area contributed by atoms with E-state index in [2.05, 4.69) is 6.92 Å². The average molecular weight is 273 g/mol. The molecule has 3 nitrogen and oxygen atoms in total. The van der Waals surface area contributed by atoms with E-state index in [-0.39, 0.29) is 0 Å². The average Bonchev–Trinajstić information content (AvgIpc) is 2.39. The Labute approximate surface area is 120 Å². The van der Waals surface area contributed by atoms with Gasteiger partial charge in [-0.25, -0.2) is 0 Å². The van der Waals surface area contributed by atoms with Gasteiger partial charge in [-0.1, -0.05) is 64.7 Å². The topological polar surface area (TPSA) is 43.7 Å².